The van der Waals surface area contributed by atoms with Crippen molar-refractivity contribution in [2.24, 2.45) is 0 Å². The molecule has 0 aliphatic rings. The first-order chi connectivity index (χ1) is 23.6. The average molecular weight is 691 g/mol. The van der Waals surface area contributed by atoms with Crippen molar-refractivity contribution in [1.29, 1.82) is 0 Å². The fraction of sp³-hybridized carbons (Fsp3) is 0.732. The van der Waals surface area contributed by atoms with Crippen LogP contribution in [0.15, 0.2) is 48.6 Å². The number of allylic oxidation sites excluding steroid dienone is 8. The molecule has 0 saturated carbocycles. The molecule has 1 N–H and O–H groups in total. The molecule has 0 aromatic heterocycles. The lowest BCUT2D eigenvalue weighted by Crippen LogP contribution is -2.50. The van der Waals surface area contributed by atoms with Gasteiger partial charge < -0.3 is 23.8 Å². The number of likely N-dealkylation sites (N-methyl/N-ethyl adjacent to an activating group) is 1. The van der Waals surface area contributed by atoms with Gasteiger partial charge in [-0.05, 0) is 57.8 Å². The number of carboxylic acid groups (broad SMARTS) is 1. The number of esters is 2. The fourth-order valence-electron chi connectivity index (χ4n) is 5.24. The third-order valence-electron chi connectivity index (χ3n) is 8.23. The Morgan fingerprint density at radius 3 is 1.76 bits per heavy atom. The highest BCUT2D eigenvalue weighted by atomic mass is 16.6. The number of quaternary nitrogens is 1. The van der Waals surface area contributed by atoms with Crippen LogP contribution < -0.4 is 0 Å². The van der Waals surface area contributed by atoms with E-state index in [2.05, 4.69) is 56.4 Å². The van der Waals surface area contributed by atoms with Gasteiger partial charge in [-0.3, -0.25) is 9.59 Å². The molecule has 0 aromatic rings. The van der Waals surface area contributed by atoms with Gasteiger partial charge in [0.05, 0.1) is 34.4 Å². The van der Waals surface area contributed by atoms with E-state index in [1.807, 2.05) is 27.2 Å². The van der Waals surface area contributed by atoms with Crippen molar-refractivity contribution in [2.75, 3.05) is 41.0 Å². The van der Waals surface area contributed by atoms with E-state index in [0.29, 0.717) is 19.3 Å². The van der Waals surface area contributed by atoms with Gasteiger partial charge in [0.25, 0.3) is 0 Å². The molecule has 8 heteroatoms. The largest absolute Gasteiger partial charge is 0.477 e. The Morgan fingerprint density at radius 1 is 0.633 bits per heavy atom. The Balaban J connectivity index is 4.54. The SMILES string of the molecule is CC/C=C/C/C=C/CCCCCCCC(=O)OCC(COCCC(C(=O)O)[N+](C)(C)C)OC(=O)CC/C=C/C/C=C/CCCCCCCC. The molecule has 0 saturated heterocycles. The van der Waals surface area contributed by atoms with E-state index in [1.165, 1.54) is 38.5 Å². The maximum absolute atomic E-state index is 12.6. The zero-order chi connectivity index (χ0) is 36.4. The maximum atomic E-state index is 12.6. The number of ether oxygens (including phenoxy) is 3. The van der Waals surface area contributed by atoms with Crippen LogP contribution in [0.3, 0.4) is 0 Å². The summed E-state index contributed by atoms with van der Waals surface area (Å²) in [5.41, 5.74) is 0. The molecule has 0 radical (unpaired) electrons. The molecule has 2 atom stereocenters. The monoisotopic (exact) mass is 691 g/mol. The number of carbonyl (C=O) groups is 3. The second kappa shape index (κ2) is 32.5. The van der Waals surface area contributed by atoms with E-state index in [0.717, 1.165) is 64.2 Å². The second-order valence-corrected chi connectivity index (χ2v) is 13.8. The van der Waals surface area contributed by atoms with Crippen LogP contribution in [-0.2, 0) is 28.6 Å². The zero-order valence-electron chi connectivity index (χ0n) is 31.9. The van der Waals surface area contributed by atoms with Gasteiger partial charge in [-0.1, -0.05) is 114 Å². The Morgan fingerprint density at radius 2 is 1.18 bits per heavy atom. The predicted molar refractivity (Wildman–Crippen MR) is 201 cm³/mol. The molecule has 0 aliphatic heterocycles. The molecule has 0 bridgehead atoms. The zero-order valence-corrected chi connectivity index (χ0v) is 31.9. The third kappa shape index (κ3) is 31.0. The van der Waals surface area contributed by atoms with Gasteiger partial charge in [-0.15, -0.1) is 0 Å². The number of carboxylic acids is 1. The normalized spacial score (nSPS) is 13.6. The summed E-state index contributed by atoms with van der Waals surface area (Å²) in [6, 6.07) is -0.625. The number of nitrogens with zero attached hydrogens (tertiary/aromatic N) is 1. The summed E-state index contributed by atoms with van der Waals surface area (Å²) in [5, 5.41) is 9.57. The summed E-state index contributed by atoms with van der Waals surface area (Å²) in [6.45, 7) is 4.51. The molecule has 282 valence electrons. The summed E-state index contributed by atoms with van der Waals surface area (Å²) >= 11 is 0. The number of carbonyl (C=O) groups excluding carboxylic acids is 2. The quantitative estimate of drug-likeness (QED) is 0.0317. The maximum Gasteiger partial charge on any atom is 0.362 e. The Kier molecular flexibility index (Phi) is 30.7. The van der Waals surface area contributed by atoms with Gasteiger partial charge in [0.1, 0.15) is 6.61 Å². The number of hydrogen-bond donors (Lipinski definition) is 1. The van der Waals surface area contributed by atoms with Crippen LogP contribution in [0, 0.1) is 0 Å². The molecule has 2 unspecified atom stereocenters. The molecule has 0 spiro atoms. The first-order valence-electron chi connectivity index (χ1n) is 19.2. The molecule has 8 nitrogen and oxygen atoms in total. The van der Waals surface area contributed by atoms with Gasteiger partial charge in [0.15, 0.2) is 12.1 Å². The Hall–Kier alpha value is -2.71. The number of unbranched alkanes of at least 4 members (excludes halogenated alkanes) is 11. The smallest absolute Gasteiger partial charge is 0.362 e. The van der Waals surface area contributed by atoms with Crippen molar-refractivity contribution in [1.82, 2.24) is 0 Å². The van der Waals surface area contributed by atoms with E-state index in [4.69, 9.17) is 14.2 Å². The summed E-state index contributed by atoms with van der Waals surface area (Å²) in [6.07, 6.45) is 36.0. The Bertz CT molecular complexity index is 948. The Labute approximate surface area is 299 Å². The van der Waals surface area contributed by atoms with Crippen molar-refractivity contribution in [3.63, 3.8) is 0 Å². The van der Waals surface area contributed by atoms with Crippen LogP contribution in [0.25, 0.3) is 0 Å². The van der Waals surface area contributed by atoms with Crippen molar-refractivity contribution >= 4 is 17.9 Å². The van der Waals surface area contributed by atoms with E-state index in [9.17, 15) is 19.5 Å². The summed E-state index contributed by atoms with van der Waals surface area (Å²) < 4.78 is 17.1. The summed E-state index contributed by atoms with van der Waals surface area (Å²) in [5.74, 6) is -1.58. The van der Waals surface area contributed by atoms with Crippen LogP contribution in [-0.4, -0.2) is 80.6 Å². The number of aliphatic carboxylic acids is 1. The van der Waals surface area contributed by atoms with E-state index < -0.39 is 18.1 Å². The van der Waals surface area contributed by atoms with Gasteiger partial charge in [0.2, 0.25) is 0 Å². The summed E-state index contributed by atoms with van der Waals surface area (Å²) in [4.78, 5) is 36.7. The van der Waals surface area contributed by atoms with Gasteiger partial charge in [-0.2, -0.15) is 0 Å². The lowest BCUT2D eigenvalue weighted by atomic mass is 10.1. The first kappa shape index (κ1) is 46.3. The minimum atomic E-state index is -0.887. The van der Waals surface area contributed by atoms with E-state index in [-0.39, 0.29) is 42.7 Å². The van der Waals surface area contributed by atoms with Crippen molar-refractivity contribution in [2.45, 2.75) is 154 Å². The van der Waals surface area contributed by atoms with E-state index in [1.54, 1.807) is 0 Å². The van der Waals surface area contributed by atoms with Crippen LogP contribution in [0.4, 0.5) is 0 Å². The molecule has 0 amide bonds. The molecule has 0 aromatic carbocycles. The standard InChI is InChI=1S/C41H71NO7/c1-6-8-10-12-14-16-18-20-22-24-26-28-30-32-40(44)49-37(35-47-34-33-38(41(45)46)42(3,4)5)36-48-39(43)31-29-27-25-23-21-19-17-15-13-11-9-7-2/h9,11,15,17,20,22,26,28,37-38H,6-8,10,12-14,16,18-19,21,23-25,27,29-36H2,1-5H3/p+1/b11-9+,17-15+,22-20+,28-26+. The lowest BCUT2D eigenvalue weighted by molar-refractivity contribution is -0.887. The van der Waals surface area contributed by atoms with E-state index >= 15 is 0 Å². The molecule has 0 rings (SSSR count). The minimum absolute atomic E-state index is 0.0328. The minimum Gasteiger partial charge on any atom is -0.477 e. The van der Waals surface area contributed by atoms with Crippen LogP contribution in [0.2, 0.25) is 0 Å². The number of rotatable bonds is 33. The molecular formula is C41H72NO7+. The van der Waals surface area contributed by atoms with Gasteiger partial charge in [0, 0.05) is 19.3 Å². The van der Waals surface area contributed by atoms with Crippen molar-refractivity contribution < 1.29 is 38.2 Å². The molecule has 0 heterocycles. The second-order valence-electron chi connectivity index (χ2n) is 13.8. The lowest BCUT2D eigenvalue weighted by Gasteiger charge is -2.31. The molecular weight excluding hydrogens is 618 g/mol. The topological polar surface area (TPSA) is 99.1 Å². The third-order valence-corrected chi connectivity index (χ3v) is 8.23. The highest BCUT2D eigenvalue weighted by molar-refractivity contribution is 5.72. The predicted octanol–water partition coefficient (Wildman–Crippen LogP) is 9.68. The number of hydrogen-bond acceptors (Lipinski definition) is 6. The van der Waals surface area contributed by atoms with Crippen molar-refractivity contribution in [3.8, 4) is 0 Å². The molecule has 0 fully saturated rings. The van der Waals surface area contributed by atoms with Crippen molar-refractivity contribution in [3.05, 3.63) is 48.6 Å². The molecule has 0 aliphatic carbocycles. The first-order valence-corrected chi connectivity index (χ1v) is 19.2. The van der Waals surface area contributed by atoms with Crippen LogP contribution in [0.5, 0.6) is 0 Å². The highest BCUT2D eigenvalue weighted by Gasteiger charge is 2.31. The van der Waals surface area contributed by atoms with Crippen LogP contribution >= 0.6 is 0 Å². The molecule has 49 heavy (non-hydrogen) atoms. The highest BCUT2D eigenvalue weighted by Crippen LogP contribution is 2.12. The fourth-order valence-corrected chi connectivity index (χ4v) is 5.24. The van der Waals surface area contributed by atoms with Gasteiger partial charge in [-0.25, -0.2) is 4.79 Å². The summed E-state index contributed by atoms with van der Waals surface area (Å²) in [7, 11) is 5.49. The average Bonchev–Trinajstić information content (AvgIpc) is 3.05. The van der Waals surface area contributed by atoms with Crippen LogP contribution in [0.1, 0.15) is 142 Å². The van der Waals surface area contributed by atoms with Gasteiger partial charge >= 0.3 is 17.9 Å².